The standard InChI is InChI=1S/C14H16N2O2S/c1-8-6-11(15)4-5-12(8)14(17)18-7-13-16-9(2)10(3)19-13/h4-6H,7,15H2,1-3H3. The van der Waals surface area contributed by atoms with Crippen molar-refractivity contribution in [2.24, 2.45) is 0 Å². The molecule has 100 valence electrons. The summed E-state index contributed by atoms with van der Waals surface area (Å²) in [5.74, 6) is -0.344. The molecule has 0 atom stereocenters. The van der Waals surface area contributed by atoms with Gasteiger partial charge >= 0.3 is 5.97 Å². The molecular weight excluding hydrogens is 260 g/mol. The van der Waals surface area contributed by atoms with E-state index < -0.39 is 0 Å². The molecule has 2 rings (SSSR count). The van der Waals surface area contributed by atoms with Crippen molar-refractivity contribution >= 4 is 23.0 Å². The van der Waals surface area contributed by atoms with Crippen LogP contribution in [-0.4, -0.2) is 11.0 Å². The first kappa shape index (κ1) is 13.5. The largest absolute Gasteiger partial charge is 0.455 e. The number of anilines is 1. The van der Waals surface area contributed by atoms with Crippen molar-refractivity contribution in [3.8, 4) is 0 Å². The lowest BCUT2D eigenvalue weighted by Gasteiger charge is -2.06. The lowest BCUT2D eigenvalue weighted by Crippen LogP contribution is -2.07. The Bertz CT molecular complexity index is 600. The van der Waals surface area contributed by atoms with Gasteiger partial charge in [0.05, 0.1) is 11.3 Å². The molecule has 0 aliphatic heterocycles. The van der Waals surface area contributed by atoms with Gasteiger partial charge in [-0.2, -0.15) is 0 Å². The van der Waals surface area contributed by atoms with Gasteiger partial charge in [-0.05, 0) is 44.5 Å². The van der Waals surface area contributed by atoms with Crippen molar-refractivity contribution in [3.05, 3.63) is 44.9 Å². The van der Waals surface area contributed by atoms with E-state index >= 15 is 0 Å². The predicted octanol–water partition coefficient (Wildman–Crippen LogP) is 3.01. The minimum atomic E-state index is -0.344. The first-order valence-electron chi connectivity index (χ1n) is 5.93. The Morgan fingerprint density at radius 2 is 2.11 bits per heavy atom. The Balaban J connectivity index is 2.05. The summed E-state index contributed by atoms with van der Waals surface area (Å²) in [6.07, 6.45) is 0. The van der Waals surface area contributed by atoms with Gasteiger partial charge in [-0.1, -0.05) is 0 Å². The zero-order chi connectivity index (χ0) is 14.0. The number of esters is 1. The van der Waals surface area contributed by atoms with Gasteiger partial charge in [-0.25, -0.2) is 9.78 Å². The van der Waals surface area contributed by atoms with Crippen LogP contribution in [0.4, 0.5) is 5.69 Å². The summed E-state index contributed by atoms with van der Waals surface area (Å²) >= 11 is 1.55. The Morgan fingerprint density at radius 3 is 2.68 bits per heavy atom. The van der Waals surface area contributed by atoms with E-state index in [9.17, 15) is 4.79 Å². The molecule has 2 N–H and O–H groups in total. The number of benzene rings is 1. The average Bonchev–Trinajstić information content (AvgIpc) is 2.66. The minimum Gasteiger partial charge on any atom is -0.455 e. The number of rotatable bonds is 3. The quantitative estimate of drug-likeness (QED) is 0.691. The van der Waals surface area contributed by atoms with Crippen LogP contribution >= 0.6 is 11.3 Å². The molecule has 2 aromatic rings. The molecule has 19 heavy (non-hydrogen) atoms. The number of aromatic nitrogens is 1. The highest BCUT2D eigenvalue weighted by atomic mass is 32.1. The van der Waals surface area contributed by atoms with Crippen LogP contribution in [-0.2, 0) is 11.3 Å². The Morgan fingerprint density at radius 1 is 1.37 bits per heavy atom. The second-order valence-corrected chi connectivity index (χ2v) is 5.69. The minimum absolute atomic E-state index is 0.210. The van der Waals surface area contributed by atoms with Crippen molar-refractivity contribution in [1.29, 1.82) is 0 Å². The van der Waals surface area contributed by atoms with Crippen LogP contribution in [0.3, 0.4) is 0 Å². The Labute approximate surface area is 116 Å². The number of thiazole rings is 1. The fourth-order valence-electron chi connectivity index (χ4n) is 1.72. The summed E-state index contributed by atoms with van der Waals surface area (Å²) in [7, 11) is 0. The fraction of sp³-hybridized carbons (Fsp3) is 0.286. The lowest BCUT2D eigenvalue weighted by atomic mass is 10.1. The van der Waals surface area contributed by atoms with Crippen LogP contribution in [0.25, 0.3) is 0 Å². The fourth-order valence-corrected chi connectivity index (χ4v) is 2.57. The molecule has 5 heteroatoms. The number of ether oxygens (including phenoxy) is 1. The first-order valence-corrected chi connectivity index (χ1v) is 6.75. The van der Waals surface area contributed by atoms with Gasteiger partial charge in [-0.15, -0.1) is 11.3 Å². The van der Waals surface area contributed by atoms with E-state index in [1.54, 1.807) is 29.5 Å². The second kappa shape index (κ2) is 5.40. The van der Waals surface area contributed by atoms with Crippen molar-refractivity contribution < 1.29 is 9.53 Å². The molecule has 0 amide bonds. The van der Waals surface area contributed by atoms with Gasteiger partial charge in [0, 0.05) is 10.6 Å². The molecule has 0 saturated heterocycles. The molecule has 0 radical (unpaired) electrons. The van der Waals surface area contributed by atoms with Gasteiger partial charge in [-0.3, -0.25) is 0 Å². The summed E-state index contributed by atoms with van der Waals surface area (Å²) in [6, 6.07) is 5.14. The second-order valence-electron chi connectivity index (χ2n) is 4.40. The molecule has 0 fully saturated rings. The molecule has 0 bridgehead atoms. The third-order valence-corrected chi connectivity index (χ3v) is 3.92. The molecule has 0 spiro atoms. The summed E-state index contributed by atoms with van der Waals surface area (Å²) in [4.78, 5) is 17.4. The molecule has 0 unspecified atom stereocenters. The maximum absolute atomic E-state index is 12.0. The van der Waals surface area contributed by atoms with Gasteiger partial charge in [0.1, 0.15) is 11.6 Å². The van der Waals surface area contributed by atoms with Gasteiger partial charge in [0.2, 0.25) is 0 Å². The normalized spacial score (nSPS) is 10.5. The number of nitrogens with two attached hydrogens (primary N) is 1. The number of hydrogen-bond donors (Lipinski definition) is 1. The van der Waals surface area contributed by atoms with Crippen molar-refractivity contribution in [2.45, 2.75) is 27.4 Å². The van der Waals surface area contributed by atoms with Crippen LogP contribution < -0.4 is 5.73 Å². The summed E-state index contributed by atoms with van der Waals surface area (Å²) in [6.45, 7) is 6.00. The lowest BCUT2D eigenvalue weighted by molar-refractivity contribution is 0.0471. The molecule has 1 aromatic carbocycles. The molecule has 1 heterocycles. The van der Waals surface area contributed by atoms with E-state index in [0.717, 1.165) is 21.1 Å². The molecule has 0 saturated carbocycles. The van der Waals surface area contributed by atoms with E-state index in [1.165, 1.54) is 0 Å². The highest BCUT2D eigenvalue weighted by Gasteiger charge is 2.12. The van der Waals surface area contributed by atoms with Gasteiger partial charge in [0.15, 0.2) is 0 Å². The van der Waals surface area contributed by atoms with Crippen LogP contribution in [0, 0.1) is 20.8 Å². The maximum atomic E-state index is 12.0. The van der Waals surface area contributed by atoms with Crippen LogP contribution in [0.1, 0.15) is 31.5 Å². The highest BCUT2D eigenvalue weighted by molar-refractivity contribution is 7.11. The average molecular weight is 276 g/mol. The number of carbonyl (C=O) groups is 1. The molecule has 4 nitrogen and oxygen atoms in total. The van der Waals surface area contributed by atoms with E-state index in [2.05, 4.69) is 4.98 Å². The topological polar surface area (TPSA) is 65.2 Å². The number of carbonyl (C=O) groups excluding carboxylic acids is 1. The van der Waals surface area contributed by atoms with Gasteiger partial charge in [0.25, 0.3) is 0 Å². The molecular formula is C14H16N2O2S. The Kier molecular flexibility index (Phi) is 3.85. The highest BCUT2D eigenvalue weighted by Crippen LogP contribution is 2.19. The van der Waals surface area contributed by atoms with Crippen LogP contribution in [0.2, 0.25) is 0 Å². The van der Waals surface area contributed by atoms with E-state index in [0.29, 0.717) is 11.3 Å². The van der Waals surface area contributed by atoms with Crippen molar-refractivity contribution in [2.75, 3.05) is 5.73 Å². The van der Waals surface area contributed by atoms with E-state index in [4.69, 9.17) is 10.5 Å². The summed E-state index contributed by atoms with van der Waals surface area (Å²) in [5.41, 5.74) is 8.63. The monoisotopic (exact) mass is 276 g/mol. The molecule has 1 aromatic heterocycles. The zero-order valence-electron chi connectivity index (χ0n) is 11.2. The smallest absolute Gasteiger partial charge is 0.338 e. The number of nitrogen functional groups attached to an aromatic ring is 1. The summed E-state index contributed by atoms with van der Waals surface area (Å²) < 4.78 is 5.27. The third-order valence-electron chi connectivity index (χ3n) is 2.87. The van der Waals surface area contributed by atoms with Crippen molar-refractivity contribution in [3.63, 3.8) is 0 Å². The predicted molar refractivity (Wildman–Crippen MR) is 76.3 cm³/mol. The maximum Gasteiger partial charge on any atom is 0.338 e. The van der Waals surface area contributed by atoms with Gasteiger partial charge < -0.3 is 10.5 Å². The Hall–Kier alpha value is -1.88. The summed E-state index contributed by atoms with van der Waals surface area (Å²) in [5, 5.41) is 0.816. The van der Waals surface area contributed by atoms with Crippen molar-refractivity contribution in [1.82, 2.24) is 4.98 Å². The molecule has 0 aliphatic rings. The number of aryl methyl sites for hydroxylation is 3. The number of hydrogen-bond acceptors (Lipinski definition) is 5. The zero-order valence-corrected chi connectivity index (χ0v) is 12.0. The first-order chi connectivity index (χ1) is 8.97. The molecule has 0 aliphatic carbocycles. The van der Waals surface area contributed by atoms with Crippen LogP contribution in [0.5, 0.6) is 0 Å². The SMILES string of the molecule is Cc1cc(N)ccc1C(=O)OCc1nc(C)c(C)s1. The van der Waals surface area contributed by atoms with E-state index in [1.807, 2.05) is 20.8 Å². The van der Waals surface area contributed by atoms with Crippen LogP contribution in [0.15, 0.2) is 18.2 Å². The third kappa shape index (κ3) is 3.12. The number of nitrogens with zero attached hydrogens (tertiary/aromatic N) is 1. The van der Waals surface area contributed by atoms with E-state index in [-0.39, 0.29) is 12.6 Å².